The maximum atomic E-state index is 11.2. The molecule has 0 saturated carbocycles. The molecule has 1 atom stereocenters. The van der Waals surface area contributed by atoms with Crippen LogP contribution in [0.25, 0.3) is 0 Å². The van der Waals surface area contributed by atoms with Gasteiger partial charge in [0.2, 0.25) is 11.8 Å². The lowest BCUT2D eigenvalue weighted by atomic mass is 10.3. The monoisotopic (exact) mass is 241 g/mol. The van der Waals surface area contributed by atoms with Gasteiger partial charge in [-0.1, -0.05) is 0 Å². The average Bonchev–Trinajstić information content (AvgIpc) is 2.27. The second-order valence-electron chi connectivity index (χ2n) is 3.11. The van der Waals surface area contributed by atoms with Crippen LogP contribution >= 0.6 is 0 Å². The Hall–Kier alpha value is -2.45. The first-order chi connectivity index (χ1) is 7.95. The number of nitrogens with two attached hydrogens (primary N) is 1. The van der Waals surface area contributed by atoms with Crippen molar-refractivity contribution in [3.05, 3.63) is 16.3 Å². The summed E-state index contributed by atoms with van der Waals surface area (Å²) in [5.74, 6) is -0.827. The summed E-state index contributed by atoms with van der Waals surface area (Å²) in [6, 6.07) is -0.784. The van der Waals surface area contributed by atoms with Crippen molar-refractivity contribution in [1.82, 2.24) is 9.97 Å². The van der Waals surface area contributed by atoms with Crippen molar-refractivity contribution in [1.29, 1.82) is 0 Å². The summed E-state index contributed by atoms with van der Waals surface area (Å²) in [7, 11) is 1.21. The third-order valence-corrected chi connectivity index (χ3v) is 1.89. The number of hydrogen-bond acceptors (Lipinski definition) is 8. The van der Waals surface area contributed by atoms with Crippen LogP contribution in [0.5, 0.6) is 0 Å². The highest BCUT2D eigenvalue weighted by molar-refractivity contribution is 5.79. The molecule has 0 aliphatic rings. The molecule has 1 unspecified atom stereocenters. The zero-order chi connectivity index (χ0) is 13.0. The summed E-state index contributed by atoms with van der Waals surface area (Å²) in [6.45, 7) is 1.48. The Morgan fingerprint density at radius 3 is 2.88 bits per heavy atom. The molecule has 17 heavy (non-hydrogen) atoms. The Labute approximate surface area is 96.1 Å². The van der Waals surface area contributed by atoms with Crippen molar-refractivity contribution < 1.29 is 14.5 Å². The maximum absolute atomic E-state index is 11.2. The largest absolute Gasteiger partial charge is 0.467 e. The number of nitrogen functional groups attached to an aromatic ring is 1. The third-order valence-electron chi connectivity index (χ3n) is 1.89. The lowest BCUT2D eigenvalue weighted by molar-refractivity contribution is -0.384. The number of rotatable bonds is 4. The van der Waals surface area contributed by atoms with Crippen LogP contribution < -0.4 is 11.1 Å². The van der Waals surface area contributed by atoms with E-state index in [1.165, 1.54) is 14.0 Å². The number of nitrogens with one attached hydrogen (secondary N) is 1. The first-order valence-corrected chi connectivity index (χ1v) is 4.57. The topological polar surface area (TPSA) is 133 Å². The van der Waals surface area contributed by atoms with Crippen LogP contribution in [0.2, 0.25) is 0 Å². The number of aromatic nitrogens is 2. The van der Waals surface area contributed by atoms with E-state index in [0.717, 1.165) is 6.20 Å². The third kappa shape index (κ3) is 3.00. The Bertz CT molecular complexity index is 450. The van der Waals surface area contributed by atoms with Gasteiger partial charge in [0, 0.05) is 0 Å². The van der Waals surface area contributed by atoms with Gasteiger partial charge in [0.1, 0.15) is 12.2 Å². The molecule has 0 spiro atoms. The number of hydrogen-bond donors (Lipinski definition) is 2. The number of esters is 1. The zero-order valence-corrected chi connectivity index (χ0v) is 9.21. The number of carbonyl (C=O) groups is 1. The molecule has 0 fully saturated rings. The predicted molar refractivity (Wildman–Crippen MR) is 58.2 cm³/mol. The number of nitro groups is 1. The van der Waals surface area contributed by atoms with Crippen LogP contribution in [0.3, 0.4) is 0 Å². The zero-order valence-electron chi connectivity index (χ0n) is 9.21. The summed E-state index contributed by atoms with van der Waals surface area (Å²) in [6.07, 6.45) is 0.967. The summed E-state index contributed by atoms with van der Waals surface area (Å²) in [5, 5.41) is 13.2. The van der Waals surface area contributed by atoms with Gasteiger partial charge in [-0.2, -0.15) is 4.98 Å². The molecule has 0 bridgehead atoms. The second-order valence-corrected chi connectivity index (χ2v) is 3.11. The highest BCUT2D eigenvalue weighted by Crippen LogP contribution is 2.21. The van der Waals surface area contributed by atoms with E-state index in [1.807, 2.05) is 0 Å². The maximum Gasteiger partial charge on any atom is 0.329 e. The van der Waals surface area contributed by atoms with Gasteiger partial charge < -0.3 is 15.8 Å². The normalized spacial score (nSPS) is 11.6. The smallest absolute Gasteiger partial charge is 0.329 e. The molecule has 1 heterocycles. The quantitative estimate of drug-likeness (QED) is 0.425. The second kappa shape index (κ2) is 5.05. The molecule has 1 rings (SSSR count). The summed E-state index contributed by atoms with van der Waals surface area (Å²) in [4.78, 5) is 28.3. The van der Waals surface area contributed by atoms with E-state index in [9.17, 15) is 14.9 Å². The SMILES string of the molecule is COC(=O)C(C)Nc1nc(N)ncc1[N+](=O)[O-]. The fraction of sp³-hybridized carbons (Fsp3) is 0.375. The molecular weight excluding hydrogens is 230 g/mol. The van der Waals surface area contributed by atoms with E-state index in [0.29, 0.717) is 0 Å². The summed E-state index contributed by atoms with van der Waals surface area (Å²) in [5.41, 5.74) is 4.95. The first-order valence-electron chi connectivity index (χ1n) is 4.57. The van der Waals surface area contributed by atoms with Crippen molar-refractivity contribution in [3.63, 3.8) is 0 Å². The molecule has 3 N–H and O–H groups in total. The van der Waals surface area contributed by atoms with Gasteiger partial charge in [0.15, 0.2) is 0 Å². The Morgan fingerprint density at radius 1 is 1.71 bits per heavy atom. The average molecular weight is 241 g/mol. The Balaban J connectivity index is 3.00. The standard InChI is InChI=1S/C8H11N5O4/c1-4(7(14)17-2)11-6-5(13(15)16)3-10-8(9)12-6/h3-4H,1-2H3,(H3,9,10,11,12). The number of anilines is 2. The molecule has 0 amide bonds. The minimum Gasteiger partial charge on any atom is -0.467 e. The van der Waals surface area contributed by atoms with E-state index < -0.39 is 16.9 Å². The first kappa shape index (κ1) is 12.6. The molecule has 1 aromatic heterocycles. The van der Waals surface area contributed by atoms with E-state index in [2.05, 4.69) is 20.0 Å². The number of carbonyl (C=O) groups excluding carboxylic acids is 1. The molecule has 0 radical (unpaired) electrons. The number of ether oxygens (including phenoxy) is 1. The van der Waals surface area contributed by atoms with Crippen molar-refractivity contribution in [3.8, 4) is 0 Å². The Kier molecular flexibility index (Phi) is 3.75. The van der Waals surface area contributed by atoms with Crippen LogP contribution in [0.4, 0.5) is 17.5 Å². The van der Waals surface area contributed by atoms with Crippen LogP contribution in [0.15, 0.2) is 6.20 Å². The van der Waals surface area contributed by atoms with Gasteiger partial charge in [-0.25, -0.2) is 9.78 Å². The molecule has 0 saturated heterocycles. The molecule has 0 aliphatic heterocycles. The fourth-order valence-electron chi connectivity index (χ4n) is 1.07. The number of nitrogens with zero attached hydrogens (tertiary/aromatic N) is 3. The molecule has 0 aromatic carbocycles. The van der Waals surface area contributed by atoms with E-state index >= 15 is 0 Å². The van der Waals surface area contributed by atoms with Crippen molar-refractivity contribution in [2.24, 2.45) is 0 Å². The van der Waals surface area contributed by atoms with Gasteiger partial charge in [-0.15, -0.1) is 0 Å². The van der Waals surface area contributed by atoms with Crippen LogP contribution in [-0.4, -0.2) is 34.0 Å². The molecule has 1 aromatic rings. The number of methoxy groups -OCH3 is 1. The summed E-state index contributed by atoms with van der Waals surface area (Å²) < 4.78 is 4.47. The van der Waals surface area contributed by atoms with E-state index in [1.54, 1.807) is 0 Å². The fourth-order valence-corrected chi connectivity index (χ4v) is 1.07. The van der Waals surface area contributed by atoms with Crippen LogP contribution in [-0.2, 0) is 9.53 Å². The molecular formula is C8H11N5O4. The summed E-state index contributed by atoms with van der Waals surface area (Å²) >= 11 is 0. The molecule has 0 aliphatic carbocycles. The predicted octanol–water partition coefficient (Wildman–Crippen LogP) is -0.0596. The van der Waals surface area contributed by atoms with Crippen molar-refractivity contribution in [2.75, 3.05) is 18.2 Å². The lowest BCUT2D eigenvalue weighted by Gasteiger charge is -2.11. The van der Waals surface area contributed by atoms with Gasteiger partial charge >= 0.3 is 11.7 Å². The minimum absolute atomic E-state index is 0.125. The van der Waals surface area contributed by atoms with E-state index in [4.69, 9.17) is 5.73 Å². The van der Waals surface area contributed by atoms with Gasteiger partial charge in [-0.05, 0) is 6.92 Å². The molecule has 92 valence electrons. The van der Waals surface area contributed by atoms with E-state index in [-0.39, 0.29) is 17.5 Å². The van der Waals surface area contributed by atoms with Gasteiger partial charge in [0.25, 0.3) is 0 Å². The molecule has 9 nitrogen and oxygen atoms in total. The minimum atomic E-state index is -0.784. The van der Waals surface area contributed by atoms with Gasteiger partial charge in [0.05, 0.1) is 12.0 Å². The highest BCUT2D eigenvalue weighted by atomic mass is 16.6. The lowest BCUT2D eigenvalue weighted by Crippen LogP contribution is -2.28. The van der Waals surface area contributed by atoms with Crippen LogP contribution in [0, 0.1) is 10.1 Å². The van der Waals surface area contributed by atoms with Crippen molar-refractivity contribution >= 4 is 23.4 Å². The Morgan fingerprint density at radius 2 is 2.35 bits per heavy atom. The van der Waals surface area contributed by atoms with Crippen molar-refractivity contribution in [2.45, 2.75) is 13.0 Å². The van der Waals surface area contributed by atoms with Crippen LogP contribution in [0.1, 0.15) is 6.92 Å². The highest BCUT2D eigenvalue weighted by Gasteiger charge is 2.21. The molecule has 9 heteroatoms. The van der Waals surface area contributed by atoms with Gasteiger partial charge in [-0.3, -0.25) is 10.1 Å².